The first kappa shape index (κ1) is 12.7. The normalized spacial score (nSPS) is 11.2. The molecule has 2 aromatic rings. The fraction of sp³-hybridized carbons (Fsp3) is 0.400. The van der Waals surface area contributed by atoms with Crippen molar-refractivity contribution in [3.63, 3.8) is 0 Å². The third-order valence-corrected chi connectivity index (χ3v) is 2.55. The topological polar surface area (TPSA) is 34.2 Å². The van der Waals surface area contributed by atoms with E-state index in [-0.39, 0.29) is 6.10 Å². The molecular formula is C15H20N2O. The fourth-order valence-corrected chi connectivity index (χ4v) is 1.94. The van der Waals surface area contributed by atoms with Gasteiger partial charge in [0.25, 0.3) is 0 Å². The minimum absolute atomic E-state index is 0.121. The lowest BCUT2D eigenvalue weighted by atomic mass is 10.1. The SMILES string of the molecule is CC(C)Nc1cccc2ccnc(OC(C)C)c12. The van der Waals surface area contributed by atoms with Gasteiger partial charge in [-0.3, -0.25) is 0 Å². The summed E-state index contributed by atoms with van der Waals surface area (Å²) in [7, 11) is 0. The summed E-state index contributed by atoms with van der Waals surface area (Å²) in [6, 6.07) is 8.58. The van der Waals surface area contributed by atoms with Crippen molar-refractivity contribution in [1.82, 2.24) is 4.98 Å². The molecule has 1 heterocycles. The number of aromatic nitrogens is 1. The van der Waals surface area contributed by atoms with Gasteiger partial charge < -0.3 is 10.1 Å². The van der Waals surface area contributed by atoms with Crippen LogP contribution in [0.4, 0.5) is 5.69 Å². The second-order valence-electron chi connectivity index (χ2n) is 4.99. The molecule has 0 radical (unpaired) electrons. The van der Waals surface area contributed by atoms with E-state index in [1.165, 1.54) is 0 Å². The van der Waals surface area contributed by atoms with Gasteiger partial charge in [-0.25, -0.2) is 4.98 Å². The molecule has 18 heavy (non-hydrogen) atoms. The van der Waals surface area contributed by atoms with Crippen molar-refractivity contribution in [3.05, 3.63) is 30.5 Å². The van der Waals surface area contributed by atoms with Crippen molar-refractivity contribution < 1.29 is 4.74 Å². The molecule has 0 unspecified atom stereocenters. The zero-order valence-corrected chi connectivity index (χ0v) is 11.4. The second kappa shape index (κ2) is 5.25. The number of benzene rings is 1. The summed E-state index contributed by atoms with van der Waals surface area (Å²) in [6.07, 6.45) is 1.91. The first-order valence-corrected chi connectivity index (χ1v) is 6.39. The smallest absolute Gasteiger partial charge is 0.223 e. The molecule has 0 fully saturated rings. The van der Waals surface area contributed by atoms with Gasteiger partial charge in [0.2, 0.25) is 5.88 Å². The summed E-state index contributed by atoms with van der Waals surface area (Å²) in [4.78, 5) is 4.35. The van der Waals surface area contributed by atoms with Crippen molar-refractivity contribution in [1.29, 1.82) is 0 Å². The minimum atomic E-state index is 0.121. The van der Waals surface area contributed by atoms with Gasteiger partial charge in [0.1, 0.15) is 0 Å². The van der Waals surface area contributed by atoms with Crippen LogP contribution >= 0.6 is 0 Å². The number of nitrogens with zero attached hydrogens (tertiary/aromatic N) is 1. The summed E-state index contributed by atoms with van der Waals surface area (Å²) in [5.41, 5.74) is 1.08. The third-order valence-electron chi connectivity index (χ3n) is 2.55. The molecule has 0 aliphatic heterocycles. The first-order valence-electron chi connectivity index (χ1n) is 6.39. The number of anilines is 1. The van der Waals surface area contributed by atoms with Gasteiger partial charge in [-0.2, -0.15) is 0 Å². The monoisotopic (exact) mass is 244 g/mol. The maximum absolute atomic E-state index is 5.80. The first-order chi connectivity index (χ1) is 8.58. The Bertz CT molecular complexity index is 490. The van der Waals surface area contributed by atoms with Crippen LogP contribution < -0.4 is 10.1 Å². The van der Waals surface area contributed by atoms with Crippen LogP contribution in [0.15, 0.2) is 30.5 Å². The highest BCUT2D eigenvalue weighted by atomic mass is 16.5. The third kappa shape index (κ3) is 2.73. The molecule has 0 amide bonds. The van der Waals surface area contributed by atoms with Gasteiger partial charge in [0.15, 0.2) is 0 Å². The molecule has 0 aliphatic rings. The predicted octanol–water partition coefficient (Wildman–Crippen LogP) is 3.84. The molecule has 0 saturated carbocycles. The van der Waals surface area contributed by atoms with Crippen LogP contribution in [0.25, 0.3) is 10.8 Å². The molecule has 0 bridgehead atoms. The van der Waals surface area contributed by atoms with Crippen molar-refractivity contribution >= 4 is 16.5 Å². The number of nitrogens with one attached hydrogen (secondary N) is 1. The van der Waals surface area contributed by atoms with Crippen molar-refractivity contribution in [2.24, 2.45) is 0 Å². The lowest BCUT2D eigenvalue weighted by Crippen LogP contribution is -2.11. The van der Waals surface area contributed by atoms with E-state index in [0.717, 1.165) is 16.5 Å². The Hall–Kier alpha value is -1.77. The number of pyridine rings is 1. The minimum Gasteiger partial charge on any atom is -0.474 e. The molecule has 96 valence electrons. The highest BCUT2D eigenvalue weighted by Gasteiger charge is 2.10. The Balaban J connectivity index is 2.56. The quantitative estimate of drug-likeness (QED) is 0.887. The van der Waals surface area contributed by atoms with Crippen LogP contribution in [0.3, 0.4) is 0 Å². The predicted molar refractivity (Wildman–Crippen MR) is 76.3 cm³/mol. The average molecular weight is 244 g/mol. The van der Waals surface area contributed by atoms with Gasteiger partial charge in [-0.1, -0.05) is 12.1 Å². The van der Waals surface area contributed by atoms with Crippen LogP contribution in [-0.2, 0) is 0 Å². The van der Waals surface area contributed by atoms with Crippen LogP contribution in [0.5, 0.6) is 5.88 Å². The van der Waals surface area contributed by atoms with Gasteiger partial charge in [0.05, 0.1) is 11.5 Å². The van der Waals surface area contributed by atoms with Gasteiger partial charge in [0, 0.05) is 17.9 Å². The van der Waals surface area contributed by atoms with Crippen molar-refractivity contribution in [2.75, 3.05) is 5.32 Å². The Kier molecular flexibility index (Phi) is 3.70. The van der Waals surface area contributed by atoms with E-state index >= 15 is 0 Å². The summed E-state index contributed by atoms with van der Waals surface area (Å²) < 4.78 is 5.80. The highest BCUT2D eigenvalue weighted by molar-refractivity contribution is 5.97. The summed E-state index contributed by atoms with van der Waals surface area (Å²) in [5.74, 6) is 0.700. The number of rotatable bonds is 4. The lowest BCUT2D eigenvalue weighted by molar-refractivity contribution is 0.236. The highest BCUT2D eigenvalue weighted by Crippen LogP contribution is 2.31. The number of hydrogen-bond acceptors (Lipinski definition) is 3. The van der Waals surface area contributed by atoms with Crippen molar-refractivity contribution in [2.45, 2.75) is 39.8 Å². The molecule has 3 heteroatoms. The molecule has 1 aromatic carbocycles. The number of hydrogen-bond donors (Lipinski definition) is 1. The van der Waals surface area contributed by atoms with E-state index in [0.29, 0.717) is 11.9 Å². The molecule has 0 spiro atoms. The molecule has 2 rings (SSSR count). The molecule has 3 nitrogen and oxygen atoms in total. The van der Waals surface area contributed by atoms with Gasteiger partial charge in [-0.05, 0) is 45.2 Å². The van der Waals surface area contributed by atoms with Gasteiger partial charge >= 0.3 is 0 Å². The maximum atomic E-state index is 5.80. The van der Waals surface area contributed by atoms with Crippen molar-refractivity contribution in [3.8, 4) is 5.88 Å². The Morgan fingerprint density at radius 3 is 2.56 bits per heavy atom. The van der Waals surface area contributed by atoms with Crippen LogP contribution in [0.2, 0.25) is 0 Å². The van der Waals surface area contributed by atoms with Crippen LogP contribution in [0, 0.1) is 0 Å². The van der Waals surface area contributed by atoms with E-state index in [1.807, 2.05) is 26.0 Å². The standard InChI is InChI=1S/C15H20N2O/c1-10(2)17-13-7-5-6-12-8-9-16-15(14(12)13)18-11(3)4/h5-11,17H,1-4H3. The lowest BCUT2D eigenvalue weighted by Gasteiger charge is -2.16. The Morgan fingerprint density at radius 2 is 1.89 bits per heavy atom. The van der Waals surface area contributed by atoms with E-state index in [9.17, 15) is 0 Å². The van der Waals surface area contributed by atoms with Crippen LogP contribution in [0.1, 0.15) is 27.7 Å². The molecule has 1 aromatic heterocycles. The maximum Gasteiger partial charge on any atom is 0.223 e. The zero-order valence-electron chi connectivity index (χ0n) is 11.4. The fourth-order valence-electron chi connectivity index (χ4n) is 1.94. The number of fused-ring (bicyclic) bond motifs is 1. The number of ether oxygens (including phenoxy) is 1. The summed E-state index contributed by atoms with van der Waals surface area (Å²) in [5, 5.41) is 5.64. The van der Waals surface area contributed by atoms with Crippen LogP contribution in [-0.4, -0.2) is 17.1 Å². The largest absolute Gasteiger partial charge is 0.474 e. The molecule has 0 atom stereocenters. The van der Waals surface area contributed by atoms with E-state index in [2.05, 4.69) is 36.3 Å². The second-order valence-corrected chi connectivity index (χ2v) is 4.99. The Morgan fingerprint density at radius 1 is 1.11 bits per heavy atom. The van der Waals surface area contributed by atoms with E-state index in [4.69, 9.17) is 4.74 Å². The summed E-state index contributed by atoms with van der Waals surface area (Å²) >= 11 is 0. The zero-order chi connectivity index (χ0) is 13.1. The van der Waals surface area contributed by atoms with E-state index in [1.54, 1.807) is 6.20 Å². The molecule has 0 saturated heterocycles. The molecule has 0 aliphatic carbocycles. The van der Waals surface area contributed by atoms with Gasteiger partial charge in [-0.15, -0.1) is 0 Å². The average Bonchev–Trinajstić information content (AvgIpc) is 2.27. The van der Waals surface area contributed by atoms with E-state index < -0.39 is 0 Å². The molecular weight excluding hydrogens is 224 g/mol. The summed E-state index contributed by atoms with van der Waals surface area (Å²) in [6.45, 7) is 8.27. The Labute approximate surface area is 108 Å². The molecule has 1 N–H and O–H groups in total.